The number of pyridine rings is 2. The van der Waals surface area contributed by atoms with Crippen molar-refractivity contribution in [2.45, 2.75) is 31.5 Å². The van der Waals surface area contributed by atoms with E-state index in [9.17, 15) is 9.59 Å². The molecule has 11 nitrogen and oxygen atoms in total. The second-order valence-corrected chi connectivity index (χ2v) is 7.91. The van der Waals surface area contributed by atoms with E-state index in [1.54, 1.807) is 44.4 Å². The highest BCUT2D eigenvalue weighted by atomic mass is 35.5. The monoisotopic (exact) mass is 471 g/mol. The molecule has 2 N–H and O–H groups in total. The molecule has 172 valence electrons. The van der Waals surface area contributed by atoms with Crippen LogP contribution in [0.25, 0.3) is 11.4 Å². The number of aryl methyl sites for hydroxylation is 1. The van der Waals surface area contributed by atoms with Gasteiger partial charge in [0.15, 0.2) is 11.5 Å². The first-order valence-electron chi connectivity index (χ1n) is 10.1. The van der Waals surface area contributed by atoms with Crippen LogP contribution in [-0.4, -0.2) is 49.7 Å². The number of hydrogen-bond acceptors (Lipinski definition) is 8. The van der Waals surface area contributed by atoms with Gasteiger partial charge in [0.1, 0.15) is 16.9 Å². The third kappa shape index (κ3) is 4.78. The third-order valence-electron chi connectivity index (χ3n) is 5.33. The molecular weight excluding hydrogens is 450 g/mol. The number of rotatable bonds is 7. The quantitative estimate of drug-likeness (QED) is 0.501. The molecule has 0 saturated heterocycles. The first-order valence-corrected chi connectivity index (χ1v) is 10.5. The lowest BCUT2D eigenvalue weighted by Crippen LogP contribution is -2.31. The Morgan fingerprint density at radius 3 is 2.64 bits per heavy atom. The van der Waals surface area contributed by atoms with E-state index >= 15 is 0 Å². The van der Waals surface area contributed by atoms with Gasteiger partial charge in [-0.15, -0.1) is 5.10 Å². The molecule has 0 radical (unpaired) electrons. The number of anilines is 2. The lowest BCUT2D eigenvalue weighted by Gasteiger charge is -2.15. The Morgan fingerprint density at radius 1 is 1.21 bits per heavy atom. The second kappa shape index (κ2) is 9.12. The molecule has 1 fully saturated rings. The van der Waals surface area contributed by atoms with Crippen molar-refractivity contribution in [3.05, 3.63) is 47.4 Å². The topological polar surface area (TPSA) is 133 Å². The number of nitrogens with one attached hydrogen (secondary N) is 2. The molecule has 0 bridgehead atoms. The molecule has 1 aliphatic carbocycles. The molecule has 2 amide bonds. The lowest BCUT2D eigenvalue weighted by atomic mass is 10.2. The minimum Gasteiger partial charge on any atom is -0.441 e. The predicted octanol–water partition coefficient (Wildman–Crippen LogP) is 3.35. The van der Waals surface area contributed by atoms with Gasteiger partial charge in [-0.05, 0) is 38.0 Å². The number of carbonyl (C=O) groups is 2. The van der Waals surface area contributed by atoms with Gasteiger partial charge in [0, 0.05) is 25.9 Å². The predicted molar refractivity (Wildman–Crippen MR) is 120 cm³/mol. The van der Waals surface area contributed by atoms with Crippen LogP contribution in [0.1, 0.15) is 31.4 Å². The van der Waals surface area contributed by atoms with Crippen LogP contribution in [0.4, 0.5) is 16.3 Å². The Kier molecular flexibility index (Phi) is 6.25. The Labute approximate surface area is 194 Å². The summed E-state index contributed by atoms with van der Waals surface area (Å²) in [5.74, 6) is 0.0945. The number of amides is 2. The minimum atomic E-state index is -0.738. The normalized spacial score (nSPS) is 14.9. The van der Waals surface area contributed by atoms with E-state index in [0.717, 1.165) is 0 Å². The van der Waals surface area contributed by atoms with Gasteiger partial charge in [-0.2, -0.15) is 0 Å². The maximum absolute atomic E-state index is 12.5. The van der Waals surface area contributed by atoms with Gasteiger partial charge in [0.2, 0.25) is 0 Å². The van der Waals surface area contributed by atoms with Gasteiger partial charge >= 0.3 is 6.09 Å². The molecule has 33 heavy (non-hydrogen) atoms. The van der Waals surface area contributed by atoms with Crippen LogP contribution in [0.2, 0.25) is 5.15 Å². The van der Waals surface area contributed by atoms with Crippen LogP contribution in [0, 0.1) is 0 Å². The van der Waals surface area contributed by atoms with Crippen molar-refractivity contribution < 1.29 is 19.1 Å². The molecule has 1 aliphatic rings. The van der Waals surface area contributed by atoms with Gasteiger partial charge in [0.25, 0.3) is 5.91 Å². The molecule has 3 aromatic rings. The van der Waals surface area contributed by atoms with Crippen molar-refractivity contribution in [2.75, 3.05) is 17.7 Å². The Balaban J connectivity index is 1.45. The molecular formula is C21H22ClN7O4. The molecule has 1 atom stereocenters. The highest BCUT2D eigenvalue weighted by Gasteiger charge is 2.50. The van der Waals surface area contributed by atoms with Crippen LogP contribution in [-0.2, 0) is 21.3 Å². The van der Waals surface area contributed by atoms with Crippen molar-refractivity contribution >= 4 is 35.1 Å². The third-order valence-corrected chi connectivity index (χ3v) is 5.65. The average molecular weight is 472 g/mol. The largest absolute Gasteiger partial charge is 0.441 e. The van der Waals surface area contributed by atoms with E-state index in [1.165, 1.54) is 18.0 Å². The number of aromatic nitrogens is 5. The molecule has 0 spiro atoms. The molecule has 1 unspecified atom stereocenters. The van der Waals surface area contributed by atoms with E-state index in [0.29, 0.717) is 41.3 Å². The lowest BCUT2D eigenvalue weighted by molar-refractivity contribution is -0.128. The number of carbonyl (C=O) groups excluding carboxylic acids is 2. The maximum atomic E-state index is 12.5. The number of halogens is 1. The first-order chi connectivity index (χ1) is 15.8. The van der Waals surface area contributed by atoms with E-state index < -0.39 is 17.8 Å². The molecule has 3 aromatic heterocycles. The van der Waals surface area contributed by atoms with E-state index in [2.05, 4.69) is 30.9 Å². The zero-order valence-corrected chi connectivity index (χ0v) is 19.0. The van der Waals surface area contributed by atoms with Gasteiger partial charge in [0.05, 0.1) is 17.6 Å². The molecule has 1 saturated carbocycles. The van der Waals surface area contributed by atoms with Crippen LogP contribution in [0.5, 0.6) is 0 Å². The van der Waals surface area contributed by atoms with Gasteiger partial charge < -0.3 is 14.8 Å². The summed E-state index contributed by atoms with van der Waals surface area (Å²) in [4.78, 5) is 33.1. The fraction of sp³-hybridized carbons (Fsp3) is 0.333. The summed E-state index contributed by atoms with van der Waals surface area (Å²) >= 11 is 6.07. The summed E-state index contributed by atoms with van der Waals surface area (Å²) < 4.78 is 12.1. The molecule has 3 heterocycles. The Morgan fingerprint density at radius 2 is 2.00 bits per heavy atom. The average Bonchev–Trinajstić information content (AvgIpc) is 3.53. The summed E-state index contributed by atoms with van der Waals surface area (Å²) in [6.45, 7) is 1.69. The molecule has 0 aromatic carbocycles. The summed E-state index contributed by atoms with van der Waals surface area (Å²) in [6.07, 6.45) is 3.10. The zero-order valence-electron chi connectivity index (χ0n) is 18.2. The van der Waals surface area contributed by atoms with Crippen molar-refractivity contribution in [3.8, 4) is 11.4 Å². The maximum Gasteiger partial charge on any atom is 0.413 e. The molecule has 0 aliphatic heterocycles. The molecule has 12 heteroatoms. The first kappa shape index (κ1) is 22.6. The van der Waals surface area contributed by atoms with E-state index in [1.807, 2.05) is 0 Å². The number of ether oxygens (including phenoxy) is 2. The highest BCUT2D eigenvalue weighted by molar-refractivity contribution is 6.30. The Bertz CT molecular complexity index is 1180. The number of hydrogen-bond donors (Lipinski definition) is 2. The van der Waals surface area contributed by atoms with Gasteiger partial charge in [-0.1, -0.05) is 22.9 Å². The van der Waals surface area contributed by atoms with Crippen LogP contribution < -0.4 is 10.6 Å². The van der Waals surface area contributed by atoms with E-state index in [-0.39, 0.29) is 11.1 Å². The standard InChI is InChI=1S/C21H22ClN7O4/c1-12(14-5-4-10-23-17(14)22)33-20(31)26-18-16(27-28-29(18)2)15-7-6-13(11-24-15)25-19(30)21(32-3)8-9-21/h4-7,10-12H,8-9H2,1-3H3,(H,25,30)(H,26,31). The number of nitrogens with zero attached hydrogens (tertiary/aromatic N) is 5. The second-order valence-electron chi connectivity index (χ2n) is 7.55. The SMILES string of the molecule is COC1(C(=O)Nc2ccc(-c3nnn(C)c3NC(=O)OC(C)c3cccnc3Cl)nc2)CC1. The van der Waals surface area contributed by atoms with Crippen LogP contribution in [0.15, 0.2) is 36.7 Å². The summed E-state index contributed by atoms with van der Waals surface area (Å²) in [5, 5.41) is 13.7. The van der Waals surface area contributed by atoms with Gasteiger partial charge in [-0.25, -0.2) is 14.5 Å². The Hall–Kier alpha value is -3.57. The van der Waals surface area contributed by atoms with Crippen LogP contribution in [0.3, 0.4) is 0 Å². The van der Waals surface area contributed by atoms with Crippen molar-refractivity contribution in [1.29, 1.82) is 0 Å². The van der Waals surface area contributed by atoms with Crippen molar-refractivity contribution in [2.24, 2.45) is 7.05 Å². The highest BCUT2D eigenvalue weighted by Crippen LogP contribution is 2.39. The molecule has 4 rings (SSSR count). The minimum absolute atomic E-state index is 0.202. The van der Waals surface area contributed by atoms with Crippen LogP contribution >= 0.6 is 11.6 Å². The van der Waals surface area contributed by atoms with Crippen molar-refractivity contribution in [1.82, 2.24) is 25.0 Å². The summed E-state index contributed by atoms with van der Waals surface area (Å²) in [7, 11) is 3.15. The fourth-order valence-corrected chi connectivity index (χ4v) is 3.48. The summed E-state index contributed by atoms with van der Waals surface area (Å²) in [5.41, 5.74) is 1.16. The van der Waals surface area contributed by atoms with Crippen molar-refractivity contribution in [3.63, 3.8) is 0 Å². The van der Waals surface area contributed by atoms with Gasteiger partial charge in [-0.3, -0.25) is 15.1 Å². The number of methoxy groups -OCH3 is 1. The smallest absolute Gasteiger partial charge is 0.413 e. The summed E-state index contributed by atoms with van der Waals surface area (Å²) in [6, 6.07) is 6.79. The van der Waals surface area contributed by atoms with E-state index in [4.69, 9.17) is 21.1 Å². The zero-order chi connectivity index (χ0) is 23.6. The fourth-order valence-electron chi connectivity index (χ4n) is 3.21.